The fraction of sp³-hybridized carbons (Fsp3) is 0.214. The Labute approximate surface area is 112 Å². The van der Waals surface area contributed by atoms with E-state index >= 15 is 0 Å². The molecule has 0 aliphatic heterocycles. The molecular weight excluding hydrogens is 248 g/mol. The molecule has 4 heteroatoms. The van der Waals surface area contributed by atoms with E-state index in [2.05, 4.69) is 4.98 Å². The molecule has 0 saturated carbocycles. The van der Waals surface area contributed by atoms with Crippen LogP contribution in [0.3, 0.4) is 0 Å². The van der Waals surface area contributed by atoms with E-state index in [1.165, 1.54) is 0 Å². The topological polar surface area (TPSA) is 48.1 Å². The van der Waals surface area contributed by atoms with Crippen molar-refractivity contribution in [1.29, 1.82) is 0 Å². The molecule has 1 unspecified atom stereocenters. The highest BCUT2D eigenvalue weighted by Gasteiger charge is 2.05. The zero-order valence-electron chi connectivity index (χ0n) is 9.92. The van der Waals surface area contributed by atoms with Gasteiger partial charge in [0.05, 0.1) is 0 Å². The van der Waals surface area contributed by atoms with Crippen LogP contribution in [0.5, 0.6) is 5.75 Å². The zero-order chi connectivity index (χ0) is 12.8. The molecule has 3 nitrogen and oxygen atoms in total. The fourth-order valence-electron chi connectivity index (χ4n) is 1.61. The molecule has 94 valence electrons. The number of pyridine rings is 1. The van der Waals surface area contributed by atoms with Gasteiger partial charge in [-0.2, -0.15) is 0 Å². The number of ether oxygens (including phenoxy) is 1. The summed E-state index contributed by atoms with van der Waals surface area (Å²) in [6.45, 7) is 0.469. The van der Waals surface area contributed by atoms with Gasteiger partial charge in [-0.1, -0.05) is 17.7 Å². The van der Waals surface area contributed by atoms with Gasteiger partial charge in [0.25, 0.3) is 0 Å². The van der Waals surface area contributed by atoms with Crippen molar-refractivity contribution < 1.29 is 4.74 Å². The Kier molecular flexibility index (Phi) is 4.56. The summed E-state index contributed by atoms with van der Waals surface area (Å²) in [4.78, 5) is 4.05. The third-order valence-electron chi connectivity index (χ3n) is 2.50. The number of hydrogen-bond acceptors (Lipinski definition) is 3. The van der Waals surface area contributed by atoms with Crippen LogP contribution in [0, 0.1) is 0 Å². The molecule has 0 spiro atoms. The van der Waals surface area contributed by atoms with Crippen LogP contribution in [0.2, 0.25) is 5.02 Å². The molecule has 0 bridgehead atoms. The molecule has 0 fully saturated rings. The summed E-state index contributed by atoms with van der Waals surface area (Å²) in [5, 5.41) is 0.696. The largest absolute Gasteiger partial charge is 0.492 e. The number of rotatable bonds is 5. The fourth-order valence-corrected chi connectivity index (χ4v) is 1.74. The molecule has 0 saturated heterocycles. The summed E-state index contributed by atoms with van der Waals surface area (Å²) in [6, 6.07) is 11.1. The molecule has 0 aliphatic rings. The molecule has 0 amide bonds. The molecule has 1 aromatic carbocycles. The first-order valence-electron chi connectivity index (χ1n) is 5.77. The maximum atomic E-state index is 6.00. The van der Waals surface area contributed by atoms with Crippen molar-refractivity contribution in [2.75, 3.05) is 6.61 Å². The van der Waals surface area contributed by atoms with Crippen LogP contribution in [0.25, 0.3) is 0 Å². The van der Waals surface area contributed by atoms with E-state index in [0.717, 1.165) is 17.7 Å². The van der Waals surface area contributed by atoms with Crippen molar-refractivity contribution in [2.24, 2.45) is 5.73 Å². The van der Waals surface area contributed by atoms with Crippen LogP contribution >= 0.6 is 11.6 Å². The van der Waals surface area contributed by atoms with Gasteiger partial charge < -0.3 is 10.5 Å². The molecule has 18 heavy (non-hydrogen) atoms. The number of hydrogen-bond donors (Lipinski definition) is 1. The molecule has 2 rings (SSSR count). The van der Waals surface area contributed by atoms with Crippen LogP contribution in [-0.4, -0.2) is 17.6 Å². The van der Waals surface area contributed by atoms with Crippen molar-refractivity contribution >= 4 is 11.6 Å². The van der Waals surface area contributed by atoms with E-state index < -0.39 is 0 Å². The minimum atomic E-state index is -0.0510. The Morgan fingerprint density at radius 1 is 1.22 bits per heavy atom. The van der Waals surface area contributed by atoms with E-state index in [0.29, 0.717) is 11.6 Å². The van der Waals surface area contributed by atoms with E-state index in [1.807, 2.05) is 30.5 Å². The lowest BCUT2D eigenvalue weighted by Crippen LogP contribution is -2.30. The number of nitrogens with two attached hydrogens (primary N) is 1. The lowest BCUT2D eigenvalue weighted by atomic mass is 10.1. The third-order valence-corrected chi connectivity index (χ3v) is 2.75. The van der Waals surface area contributed by atoms with Crippen molar-refractivity contribution in [3.8, 4) is 5.75 Å². The highest BCUT2D eigenvalue weighted by atomic mass is 35.5. The molecule has 2 aromatic rings. The summed E-state index contributed by atoms with van der Waals surface area (Å²) >= 11 is 5.79. The van der Waals surface area contributed by atoms with Crippen molar-refractivity contribution in [1.82, 2.24) is 4.98 Å². The molecule has 1 atom stereocenters. The number of halogens is 1. The van der Waals surface area contributed by atoms with Crippen molar-refractivity contribution in [3.05, 3.63) is 59.4 Å². The van der Waals surface area contributed by atoms with Crippen LogP contribution < -0.4 is 10.5 Å². The Morgan fingerprint density at radius 3 is 2.67 bits per heavy atom. The molecule has 2 N–H and O–H groups in total. The predicted molar refractivity (Wildman–Crippen MR) is 72.9 cm³/mol. The van der Waals surface area contributed by atoms with Crippen molar-refractivity contribution in [3.63, 3.8) is 0 Å². The predicted octanol–water partition coefficient (Wildman–Crippen LogP) is 2.68. The Balaban J connectivity index is 1.81. The maximum absolute atomic E-state index is 6.00. The summed E-state index contributed by atoms with van der Waals surface area (Å²) in [5.74, 6) is 0.779. The number of nitrogens with zero attached hydrogens (tertiary/aromatic N) is 1. The Bertz CT molecular complexity index is 473. The standard InChI is InChI=1S/C14H15ClN2O/c15-12-3-5-14(6-4-12)18-10-13(16)8-11-2-1-7-17-9-11/h1-7,9,13H,8,10,16H2. The smallest absolute Gasteiger partial charge is 0.119 e. The third kappa shape index (κ3) is 4.02. The highest BCUT2D eigenvalue weighted by molar-refractivity contribution is 6.30. The highest BCUT2D eigenvalue weighted by Crippen LogP contribution is 2.15. The Morgan fingerprint density at radius 2 is 2.00 bits per heavy atom. The second-order valence-corrected chi connectivity index (χ2v) is 4.53. The summed E-state index contributed by atoms with van der Waals surface area (Å²) in [6.07, 6.45) is 4.32. The Hall–Kier alpha value is -1.58. The van der Waals surface area contributed by atoms with Gasteiger partial charge in [-0.05, 0) is 42.3 Å². The zero-order valence-corrected chi connectivity index (χ0v) is 10.7. The second kappa shape index (κ2) is 6.38. The first-order chi connectivity index (χ1) is 8.74. The molecule has 0 aliphatic carbocycles. The van der Waals surface area contributed by atoms with E-state index in [1.54, 1.807) is 18.3 Å². The molecule has 0 radical (unpaired) electrons. The summed E-state index contributed by atoms with van der Waals surface area (Å²) < 4.78 is 5.59. The van der Waals surface area contributed by atoms with Crippen LogP contribution in [0.1, 0.15) is 5.56 Å². The quantitative estimate of drug-likeness (QED) is 0.901. The average molecular weight is 263 g/mol. The second-order valence-electron chi connectivity index (χ2n) is 4.09. The SMILES string of the molecule is NC(COc1ccc(Cl)cc1)Cc1cccnc1. The van der Waals surface area contributed by atoms with Crippen LogP contribution in [0.15, 0.2) is 48.8 Å². The van der Waals surface area contributed by atoms with Crippen LogP contribution in [0.4, 0.5) is 0 Å². The molecular formula is C14H15ClN2O. The van der Waals surface area contributed by atoms with Gasteiger partial charge in [0.1, 0.15) is 12.4 Å². The van der Waals surface area contributed by atoms with Gasteiger partial charge in [-0.15, -0.1) is 0 Å². The molecule has 1 heterocycles. The van der Waals surface area contributed by atoms with Gasteiger partial charge in [0.2, 0.25) is 0 Å². The lowest BCUT2D eigenvalue weighted by Gasteiger charge is -2.13. The lowest BCUT2D eigenvalue weighted by molar-refractivity contribution is 0.287. The van der Waals surface area contributed by atoms with Gasteiger partial charge in [-0.3, -0.25) is 4.98 Å². The first kappa shape index (κ1) is 12.9. The summed E-state index contributed by atoms with van der Waals surface area (Å²) in [7, 11) is 0. The minimum absolute atomic E-state index is 0.0510. The minimum Gasteiger partial charge on any atom is -0.492 e. The van der Waals surface area contributed by atoms with Gasteiger partial charge in [0.15, 0.2) is 0 Å². The molecule has 1 aromatic heterocycles. The van der Waals surface area contributed by atoms with E-state index in [9.17, 15) is 0 Å². The normalized spacial score (nSPS) is 12.1. The van der Waals surface area contributed by atoms with Crippen LogP contribution in [-0.2, 0) is 6.42 Å². The van der Waals surface area contributed by atoms with E-state index in [-0.39, 0.29) is 6.04 Å². The van der Waals surface area contributed by atoms with Gasteiger partial charge >= 0.3 is 0 Å². The number of benzene rings is 1. The summed E-state index contributed by atoms with van der Waals surface area (Å²) in [5.41, 5.74) is 7.12. The average Bonchev–Trinajstić information content (AvgIpc) is 2.39. The number of aromatic nitrogens is 1. The maximum Gasteiger partial charge on any atom is 0.119 e. The van der Waals surface area contributed by atoms with Gasteiger partial charge in [-0.25, -0.2) is 0 Å². The van der Waals surface area contributed by atoms with E-state index in [4.69, 9.17) is 22.1 Å². The van der Waals surface area contributed by atoms with Gasteiger partial charge in [0, 0.05) is 23.5 Å². The monoisotopic (exact) mass is 262 g/mol. The van der Waals surface area contributed by atoms with Crippen molar-refractivity contribution in [2.45, 2.75) is 12.5 Å². The first-order valence-corrected chi connectivity index (χ1v) is 6.14.